The Morgan fingerprint density at radius 2 is 1.95 bits per heavy atom. The predicted molar refractivity (Wildman–Crippen MR) is 84.3 cm³/mol. The minimum atomic E-state index is 0.611. The average Bonchev–Trinajstić information content (AvgIpc) is 2.41. The highest BCUT2D eigenvalue weighted by atomic mass is 16.5. The van der Waals surface area contributed by atoms with Crippen LogP contribution >= 0.6 is 0 Å². The van der Waals surface area contributed by atoms with Crippen molar-refractivity contribution in [3.63, 3.8) is 0 Å². The maximum absolute atomic E-state index is 5.83. The van der Waals surface area contributed by atoms with Gasteiger partial charge in [-0.3, -0.25) is 0 Å². The number of hydrogen-bond acceptors (Lipinski definition) is 3. The van der Waals surface area contributed by atoms with Gasteiger partial charge in [0.15, 0.2) is 0 Å². The number of hydrogen-bond donors (Lipinski definition) is 1. The van der Waals surface area contributed by atoms with Crippen LogP contribution in [0, 0.1) is 12.8 Å². The van der Waals surface area contributed by atoms with Gasteiger partial charge < -0.3 is 14.8 Å². The summed E-state index contributed by atoms with van der Waals surface area (Å²) < 4.78 is 11.4. The normalized spacial score (nSPS) is 11.1. The number of nitrogens with one attached hydrogen (secondary N) is 1. The molecule has 0 atom stereocenters. The van der Waals surface area contributed by atoms with Gasteiger partial charge in [0, 0.05) is 18.7 Å². The van der Waals surface area contributed by atoms with Crippen molar-refractivity contribution < 1.29 is 9.47 Å². The minimum absolute atomic E-state index is 0.611. The van der Waals surface area contributed by atoms with Crippen LogP contribution in [0.2, 0.25) is 0 Å². The van der Waals surface area contributed by atoms with Crippen molar-refractivity contribution in [1.82, 2.24) is 5.32 Å². The van der Waals surface area contributed by atoms with Gasteiger partial charge in [0.1, 0.15) is 12.4 Å². The van der Waals surface area contributed by atoms with E-state index in [4.69, 9.17) is 9.47 Å². The summed E-state index contributed by atoms with van der Waals surface area (Å²) in [5.41, 5.74) is 2.48. The van der Waals surface area contributed by atoms with Crippen LogP contribution in [-0.4, -0.2) is 26.4 Å². The fourth-order valence-corrected chi connectivity index (χ4v) is 1.88. The van der Waals surface area contributed by atoms with Crippen LogP contribution in [0.4, 0.5) is 0 Å². The molecule has 0 saturated heterocycles. The van der Waals surface area contributed by atoms with Crippen molar-refractivity contribution in [2.45, 2.75) is 40.7 Å². The molecule has 0 saturated carbocycles. The van der Waals surface area contributed by atoms with E-state index >= 15 is 0 Å². The van der Waals surface area contributed by atoms with E-state index < -0.39 is 0 Å². The molecule has 114 valence electrons. The molecule has 1 N–H and O–H groups in total. The lowest BCUT2D eigenvalue weighted by atomic mass is 10.1. The fraction of sp³-hybridized carbons (Fsp3) is 0.647. The lowest BCUT2D eigenvalue weighted by Gasteiger charge is -2.13. The van der Waals surface area contributed by atoms with E-state index in [0.29, 0.717) is 19.1 Å². The van der Waals surface area contributed by atoms with E-state index in [1.807, 2.05) is 0 Å². The molecular weight excluding hydrogens is 250 g/mol. The molecule has 0 aliphatic carbocycles. The van der Waals surface area contributed by atoms with Gasteiger partial charge in [-0.1, -0.05) is 38.5 Å². The highest BCUT2D eigenvalue weighted by molar-refractivity contribution is 5.36. The molecule has 0 spiro atoms. The van der Waals surface area contributed by atoms with Crippen LogP contribution < -0.4 is 10.1 Å². The molecule has 0 radical (unpaired) electrons. The van der Waals surface area contributed by atoms with Crippen molar-refractivity contribution in [3.05, 3.63) is 29.3 Å². The quantitative estimate of drug-likeness (QED) is 0.664. The van der Waals surface area contributed by atoms with Crippen LogP contribution in [0.5, 0.6) is 5.75 Å². The third-order valence-electron chi connectivity index (χ3n) is 3.11. The van der Waals surface area contributed by atoms with Gasteiger partial charge >= 0.3 is 0 Å². The third kappa shape index (κ3) is 6.92. The summed E-state index contributed by atoms with van der Waals surface area (Å²) in [6, 6.07) is 6.32. The van der Waals surface area contributed by atoms with Gasteiger partial charge in [0.25, 0.3) is 0 Å². The molecule has 0 unspecified atom stereocenters. The Kier molecular flexibility index (Phi) is 8.31. The smallest absolute Gasteiger partial charge is 0.123 e. The van der Waals surface area contributed by atoms with E-state index in [9.17, 15) is 0 Å². The predicted octanol–water partition coefficient (Wildman–Crippen LogP) is 3.55. The highest BCUT2D eigenvalue weighted by Gasteiger charge is 2.04. The molecule has 20 heavy (non-hydrogen) atoms. The molecule has 0 bridgehead atoms. The molecule has 1 aromatic carbocycles. The Hall–Kier alpha value is -1.06. The maximum Gasteiger partial charge on any atom is 0.123 e. The van der Waals surface area contributed by atoms with Crippen LogP contribution in [0.15, 0.2) is 18.2 Å². The summed E-state index contributed by atoms with van der Waals surface area (Å²) in [4.78, 5) is 0. The fourth-order valence-electron chi connectivity index (χ4n) is 1.88. The zero-order valence-electron chi connectivity index (χ0n) is 13.4. The molecule has 3 heteroatoms. The zero-order valence-corrected chi connectivity index (χ0v) is 13.4. The second kappa shape index (κ2) is 9.78. The van der Waals surface area contributed by atoms with Crippen molar-refractivity contribution in [1.29, 1.82) is 0 Å². The van der Waals surface area contributed by atoms with Crippen LogP contribution in [0.25, 0.3) is 0 Å². The second-order valence-corrected chi connectivity index (χ2v) is 5.53. The van der Waals surface area contributed by atoms with Gasteiger partial charge in [-0.25, -0.2) is 0 Å². The molecule has 1 aromatic rings. The first-order chi connectivity index (χ1) is 9.63. The van der Waals surface area contributed by atoms with Crippen molar-refractivity contribution in [2.75, 3.05) is 26.4 Å². The van der Waals surface area contributed by atoms with E-state index in [0.717, 1.165) is 31.9 Å². The first-order valence-corrected chi connectivity index (χ1v) is 7.64. The standard InChI is InChI=1S/C17H29NO2/c1-5-18-13-16-12-15(4)6-7-17(16)20-11-10-19-9-8-14(2)3/h6-7,12,14,18H,5,8-11,13H2,1-4H3. The Morgan fingerprint density at radius 3 is 2.65 bits per heavy atom. The summed E-state index contributed by atoms with van der Waals surface area (Å²) >= 11 is 0. The second-order valence-electron chi connectivity index (χ2n) is 5.53. The van der Waals surface area contributed by atoms with E-state index in [-0.39, 0.29) is 0 Å². The van der Waals surface area contributed by atoms with Crippen LogP contribution in [0.1, 0.15) is 38.3 Å². The molecule has 0 amide bonds. The highest BCUT2D eigenvalue weighted by Crippen LogP contribution is 2.19. The largest absolute Gasteiger partial charge is 0.491 e. The topological polar surface area (TPSA) is 30.5 Å². The van der Waals surface area contributed by atoms with Crippen molar-refractivity contribution in [2.24, 2.45) is 5.92 Å². The number of rotatable bonds is 10. The lowest BCUT2D eigenvalue weighted by Crippen LogP contribution is -2.14. The Labute approximate surface area is 123 Å². The first kappa shape index (κ1) is 17.0. The zero-order chi connectivity index (χ0) is 14.8. The van der Waals surface area contributed by atoms with Crippen molar-refractivity contribution >= 4 is 0 Å². The minimum Gasteiger partial charge on any atom is -0.491 e. The molecule has 0 aliphatic rings. The van der Waals surface area contributed by atoms with Gasteiger partial charge in [-0.2, -0.15) is 0 Å². The molecule has 3 nitrogen and oxygen atoms in total. The first-order valence-electron chi connectivity index (χ1n) is 7.64. The Morgan fingerprint density at radius 1 is 1.15 bits per heavy atom. The van der Waals surface area contributed by atoms with Gasteiger partial charge in [0.2, 0.25) is 0 Å². The summed E-state index contributed by atoms with van der Waals surface area (Å²) in [6.07, 6.45) is 1.11. The Balaban J connectivity index is 2.35. The summed E-state index contributed by atoms with van der Waals surface area (Å²) in [5.74, 6) is 1.66. The summed E-state index contributed by atoms with van der Waals surface area (Å²) in [5, 5.41) is 3.34. The summed E-state index contributed by atoms with van der Waals surface area (Å²) in [6.45, 7) is 12.5. The van der Waals surface area contributed by atoms with E-state index in [1.165, 1.54) is 11.1 Å². The molecule has 0 fully saturated rings. The lowest BCUT2D eigenvalue weighted by molar-refractivity contribution is 0.0922. The third-order valence-corrected chi connectivity index (χ3v) is 3.11. The molecule has 0 aromatic heterocycles. The maximum atomic E-state index is 5.83. The number of aryl methyl sites for hydroxylation is 1. The monoisotopic (exact) mass is 279 g/mol. The van der Waals surface area contributed by atoms with Crippen LogP contribution in [-0.2, 0) is 11.3 Å². The van der Waals surface area contributed by atoms with E-state index in [2.05, 4.69) is 51.2 Å². The van der Waals surface area contributed by atoms with Crippen molar-refractivity contribution in [3.8, 4) is 5.75 Å². The Bertz CT molecular complexity index is 377. The summed E-state index contributed by atoms with van der Waals surface area (Å²) in [7, 11) is 0. The number of benzene rings is 1. The van der Waals surface area contributed by atoms with Gasteiger partial charge in [-0.05, 0) is 31.9 Å². The molecular formula is C17H29NO2. The molecule has 0 aliphatic heterocycles. The van der Waals surface area contributed by atoms with Crippen LogP contribution in [0.3, 0.4) is 0 Å². The van der Waals surface area contributed by atoms with Gasteiger partial charge in [0.05, 0.1) is 6.61 Å². The number of ether oxygens (including phenoxy) is 2. The average molecular weight is 279 g/mol. The van der Waals surface area contributed by atoms with E-state index in [1.54, 1.807) is 0 Å². The molecule has 0 heterocycles. The molecule has 1 rings (SSSR count). The SMILES string of the molecule is CCNCc1cc(C)ccc1OCCOCCC(C)C. The van der Waals surface area contributed by atoms with Gasteiger partial charge in [-0.15, -0.1) is 0 Å².